The highest BCUT2D eigenvalue weighted by atomic mass is 35.5. The van der Waals surface area contributed by atoms with Crippen LogP contribution in [0, 0.1) is 0 Å². The van der Waals surface area contributed by atoms with Crippen LogP contribution in [0.15, 0.2) is 24.3 Å². The van der Waals surface area contributed by atoms with Crippen LogP contribution in [0.1, 0.15) is 19.4 Å². The third-order valence-electron chi connectivity index (χ3n) is 3.23. The Morgan fingerprint density at radius 1 is 1.35 bits per heavy atom. The van der Waals surface area contributed by atoms with E-state index < -0.39 is 12.0 Å². The van der Waals surface area contributed by atoms with Gasteiger partial charge in [-0.2, -0.15) is 4.80 Å². The zero-order valence-corrected chi connectivity index (χ0v) is 13.4. The van der Waals surface area contributed by atoms with Crippen LogP contribution in [0.4, 0.5) is 0 Å². The molecule has 9 heteroatoms. The fourth-order valence-electron chi connectivity index (χ4n) is 2.04. The second kappa shape index (κ2) is 7.19. The van der Waals surface area contributed by atoms with Gasteiger partial charge in [-0.1, -0.05) is 18.5 Å². The molecular formula is C14H16ClN5O3. The van der Waals surface area contributed by atoms with Gasteiger partial charge in [-0.05, 0) is 35.9 Å². The fraction of sp³-hybridized carbons (Fsp3) is 0.357. The van der Waals surface area contributed by atoms with Gasteiger partial charge in [-0.15, -0.1) is 10.2 Å². The van der Waals surface area contributed by atoms with E-state index in [0.717, 1.165) is 10.5 Å². The number of tetrazole rings is 1. The van der Waals surface area contributed by atoms with Crippen molar-refractivity contribution in [2.45, 2.75) is 19.4 Å². The largest absolute Gasteiger partial charge is 0.480 e. The predicted molar refractivity (Wildman–Crippen MR) is 82.9 cm³/mol. The van der Waals surface area contributed by atoms with E-state index in [2.05, 4.69) is 15.4 Å². The number of carboxylic acids is 1. The molecule has 1 unspecified atom stereocenters. The second-order valence-electron chi connectivity index (χ2n) is 4.95. The standard InChI is InChI=1S/C14H16ClN5O3/c1-3-11(14(23)19(2)8-12(21)22)20-17-13(16-18-20)9-4-6-10(15)7-5-9/h4-7,11H,3,8H2,1-2H3,(H,21,22). The summed E-state index contributed by atoms with van der Waals surface area (Å²) in [6.45, 7) is 1.41. The molecule has 0 aliphatic heterocycles. The first-order chi connectivity index (χ1) is 10.9. The van der Waals surface area contributed by atoms with Gasteiger partial charge >= 0.3 is 5.97 Å². The molecule has 0 fully saturated rings. The Morgan fingerprint density at radius 3 is 2.57 bits per heavy atom. The summed E-state index contributed by atoms with van der Waals surface area (Å²) in [5.41, 5.74) is 0.724. The van der Waals surface area contributed by atoms with Crippen molar-refractivity contribution < 1.29 is 14.7 Å². The van der Waals surface area contributed by atoms with E-state index in [9.17, 15) is 9.59 Å². The Balaban J connectivity index is 2.21. The molecule has 0 aliphatic rings. The predicted octanol–water partition coefficient (Wildman–Crippen LogP) is 1.49. The van der Waals surface area contributed by atoms with Gasteiger partial charge in [0.05, 0.1) is 0 Å². The SMILES string of the molecule is CCC(C(=O)N(C)CC(=O)O)n1nnc(-c2ccc(Cl)cc2)n1. The van der Waals surface area contributed by atoms with Crippen LogP contribution in [0.2, 0.25) is 5.02 Å². The number of likely N-dealkylation sites (N-methyl/N-ethyl adjacent to an activating group) is 1. The minimum Gasteiger partial charge on any atom is -0.480 e. The number of halogens is 1. The molecule has 0 saturated heterocycles. The van der Waals surface area contributed by atoms with Crippen molar-refractivity contribution in [1.82, 2.24) is 25.1 Å². The minimum atomic E-state index is -1.08. The first kappa shape index (κ1) is 16.9. The van der Waals surface area contributed by atoms with Crippen molar-refractivity contribution in [3.05, 3.63) is 29.3 Å². The van der Waals surface area contributed by atoms with Crippen molar-refractivity contribution in [2.75, 3.05) is 13.6 Å². The van der Waals surface area contributed by atoms with Gasteiger partial charge < -0.3 is 10.0 Å². The zero-order valence-electron chi connectivity index (χ0n) is 12.7. The average molecular weight is 338 g/mol. The normalized spacial score (nSPS) is 12.0. The number of hydrogen-bond acceptors (Lipinski definition) is 5. The Bertz CT molecular complexity index is 701. The van der Waals surface area contributed by atoms with E-state index >= 15 is 0 Å². The minimum absolute atomic E-state index is 0.369. The van der Waals surface area contributed by atoms with Crippen molar-refractivity contribution in [3.63, 3.8) is 0 Å². The molecule has 8 nitrogen and oxygen atoms in total. The molecule has 2 aromatic rings. The monoisotopic (exact) mass is 337 g/mol. The number of carbonyl (C=O) groups excluding carboxylic acids is 1. The molecule has 0 bridgehead atoms. The molecule has 0 spiro atoms. The zero-order chi connectivity index (χ0) is 17.0. The maximum absolute atomic E-state index is 12.3. The van der Waals surface area contributed by atoms with Crippen LogP contribution in [-0.4, -0.2) is 55.7 Å². The van der Waals surface area contributed by atoms with Crippen molar-refractivity contribution >= 4 is 23.5 Å². The summed E-state index contributed by atoms with van der Waals surface area (Å²) >= 11 is 5.84. The summed E-state index contributed by atoms with van der Waals surface area (Å²) < 4.78 is 0. The summed E-state index contributed by atoms with van der Waals surface area (Å²) in [6.07, 6.45) is 0.416. The first-order valence-electron chi connectivity index (χ1n) is 6.94. The van der Waals surface area contributed by atoms with E-state index in [1.165, 1.54) is 11.8 Å². The highest BCUT2D eigenvalue weighted by Gasteiger charge is 2.26. The lowest BCUT2D eigenvalue weighted by Gasteiger charge is -2.20. The van der Waals surface area contributed by atoms with Gasteiger partial charge in [0.25, 0.3) is 0 Å². The van der Waals surface area contributed by atoms with Gasteiger partial charge in [-0.3, -0.25) is 9.59 Å². The number of carbonyl (C=O) groups is 2. The molecule has 1 heterocycles. The molecule has 1 aromatic carbocycles. The van der Waals surface area contributed by atoms with Crippen LogP contribution >= 0.6 is 11.6 Å². The summed E-state index contributed by atoms with van der Waals surface area (Å²) in [5.74, 6) is -1.09. The highest BCUT2D eigenvalue weighted by molar-refractivity contribution is 6.30. The summed E-state index contributed by atoms with van der Waals surface area (Å²) in [6, 6.07) is 6.22. The lowest BCUT2D eigenvalue weighted by atomic mass is 10.2. The van der Waals surface area contributed by atoms with E-state index in [4.69, 9.17) is 16.7 Å². The molecule has 1 amide bonds. The number of aliphatic carboxylic acids is 1. The van der Waals surface area contributed by atoms with Gasteiger partial charge in [0.2, 0.25) is 11.7 Å². The van der Waals surface area contributed by atoms with Gasteiger partial charge in [0, 0.05) is 17.6 Å². The average Bonchev–Trinajstić information content (AvgIpc) is 2.97. The van der Waals surface area contributed by atoms with Crippen molar-refractivity contribution in [1.29, 1.82) is 0 Å². The molecule has 0 saturated carbocycles. The van der Waals surface area contributed by atoms with Crippen LogP contribution in [0.3, 0.4) is 0 Å². The van der Waals surface area contributed by atoms with Crippen molar-refractivity contribution in [3.8, 4) is 11.4 Å². The maximum atomic E-state index is 12.3. The van der Waals surface area contributed by atoms with E-state index in [0.29, 0.717) is 17.3 Å². The number of carboxylic acid groups (broad SMARTS) is 1. The van der Waals surface area contributed by atoms with Gasteiger partial charge in [0.1, 0.15) is 6.54 Å². The third-order valence-corrected chi connectivity index (χ3v) is 3.48. The van der Waals surface area contributed by atoms with Crippen LogP contribution in [0.25, 0.3) is 11.4 Å². The summed E-state index contributed by atoms with van der Waals surface area (Å²) in [5, 5.41) is 21.4. The van der Waals surface area contributed by atoms with Gasteiger partial charge in [0.15, 0.2) is 6.04 Å². The molecule has 1 aromatic heterocycles. The Morgan fingerprint density at radius 2 is 2.00 bits per heavy atom. The number of aromatic nitrogens is 4. The summed E-state index contributed by atoms with van der Waals surface area (Å²) in [7, 11) is 1.43. The van der Waals surface area contributed by atoms with Crippen molar-refractivity contribution in [2.24, 2.45) is 0 Å². The quantitative estimate of drug-likeness (QED) is 0.856. The fourth-order valence-corrected chi connectivity index (χ4v) is 2.17. The molecule has 0 aliphatic carbocycles. The van der Waals surface area contributed by atoms with Crippen LogP contribution in [0.5, 0.6) is 0 Å². The molecule has 2 rings (SSSR count). The lowest BCUT2D eigenvalue weighted by Crippen LogP contribution is -2.38. The van der Waals surface area contributed by atoms with Crippen LogP contribution < -0.4 is 0 Å². The number of nitrogens with zero attached hydrogens (tertiary/aromatic N) is 5. The molecular weight excluding hydrogens is 322 g/mol. The summed E-state index contributed by atoms with van der Waals surface area (Å²) in [4.78, 5) is 25.4. The molecule has 1 atom stereocenters. The van der Waals surface area contributed by atoms with Crippen LogP contribution in [-0.2, 0) is 9.59 Å². The number of amides is 1. The van der Waals surface area contributed by atoms with E-state index in [-0.39, 0.29) is 12.5 Å². The smallest absolute Gasteiger partial charge is 0.323 e. The Kier molecular flexibility index (Phi) is 5.28. The molecule has 23 heavy (non-hydrogen) atoms. The number of hydrogen-bond donors (Lipinski definition) is 1. The second-order valence-corrected chi connectivity index (χ2v) is 5.39. The molecule has 0 radical (unpaired) electrons. The maximum Gasteiger partial charge on any atom is 0.323 e. The number of benzene rings is 1. The van der Waals surface area contributed by atoms with Gasteiger partial charge in [-0.25, -0.2) is 0 Å². The van der Waals surface area contributed by atoms with E-state index in [1.54, 1.807) is 31.2 Å². The third kappa shape index (κ3) is 4.04. The first-order valence-corrected chi connectivity index (χ1v) is 7.32. The molecule has 122 valence electrons. The Labute approximate surface area is 137 Å². The number of rotatable bonds is 6. The lowest BCUT2D eigenvalue weighted by molar-refractivity contribution is -0.145. The highest BCUT2D eigenvalue weighted by Crippen LogP contribution is 2.19. The van der Waals surface area contributed by atoms with E-state index in [1.807, 2.05) is 0 Å². The topological polar surface area (TPSA) is 101 Å². The molecule has 1 N–H and O–H groups in total. The Hall–Kier alpha value is -2.48.